The number of likely N-dealkylation sites (tertiary alicyclic amines) is 1. The van der Waals surface area contributed by atoms with Gasteiger partial charge in [-0.1, -0.05) is 24.3 Å². The minimum atomic E-state index is -0.193. The van der Waals surface area contributed by atoms with Gasteiger partial charge in [0.1, 0.15) is 0 Å². The largest absolute Gasteiger partial charge is 0.350 e. The summed E-state index contributed by atoms with van der Waals surface area (Å²) in [6, 6.07) is 15.0. The maximum atomic E-state index is 13.1. The van der Waals surface area contributed by atoms with E-state index in [0.717, 1.165) is 23.7 Å². The molecule has 4 rings (SSSR count). The van der Waals surface area contributed by atoms with Crippen LogP contribution in [0, 0.1) is 0 Å². The molecule has 2 aromatic carbocycles. The van der Waals surface area contributed by atoms with Gasteiger partial charge in [0.05, 0.1) is 5.52 Å². The molecular weight excluding hydrogens is 428 g/mol. The molecule has 1 unspecified atom stereocenters. The van der Waals surface area contributed by atoms with E-state index in [2.05, 4.69) is 20.6 Å². The highest BCUT2D eigenvalue weighted by atomic mass is 16.2. The van der Waals surface area contributed by atoms with Crippen molar-refractivity contribution in [2.24, 2.45) is 0 Å². The Kier molecular flexibility index (Phi) is 7.49. The molecule has 1 fully saturated rings. The van der Waals surface area contributed by atoms with Gasteiger partial charge in [-0.2, -0.15) is 0 Å². The first kappa shape index (κ1) is 23.4. The molecule has 0 bridgehead atoms. The lowest BCUT2D eigenvalue weighted by Crippen LogP contribution is -2.45. The van der Waals surface area contributed by atoms with E-state index >= 15 is 0 Å². The number of likely N-dealkylation sites (N-methyl/N-ethyl adjacent to an activating group) is 1. The Balaban J connectivity index is 1.34. The lowest BCUT2D eigenvalue weighted by Gasteiger charge is -2.33. The Labute approximate surface area is 199 Å². The topological polar surface area (TPSA) is 90.5 Å². The summed E-state index contributed by atoms with van der Waals surface area (Å²) in [4.78, 5) is 37.9. The van der Waals surface area contributed by atoms with Crippen molar-refractivity contribution in [3.63, 3.8) is 0 Å². The molecule has 2 heterocycles. The van der Waals surface area contributed by atoms with Crippen LogP contribution in [0.25, 0.3) is 10.9 Å². The summed E-state index contributed by atoms with van der Waals surface area (Å²) in [6.07, 6.45) is 6.99. The van der Waals surface area contributed by atoms with Gasteiger partial charge in [0.15, 0.2) is 0 Å². The Hall–Kier alpha value is -3.78. The average molecular weight is 459 g/mol. The second-order valence-corrected chi connectivity index (χ2v) is 8.72. The van der Waals surface area contributed by atoms with Crippen molar-refractivity contribution >= 4 is 34.4 Å². The average Bonchev–Trinajstić information content (AvgIpc) is 2.84. The molecule has 1 aliphatic heterocycles. The molecule has 1 aliphatic rings. The highest BCUT2D eigenvalue weighted by Gasteiger charge is 2.25. The molecule has 34 heavy (non-hydrogen) atoms. The van der Waals surface area contributed by atoms with Gasteiger partial charge in [0, 0.05) is 54.6 Å². The minimum Gasteiger partial charge on any atom is -0.350 e. The highest BCUT2D eigenvalue weighted by molar-refractivity contribution is 6.00. The third-order valence-electron chi connectivity index (χ3n) is 5.67. The number of carbonyl (C=O) groups excluding carboxylic acids is 2. The molecule has 8 heteroatoms. The molecule has 1 aromatic heterocycles. The number of rotatable bonds is 7. The molecule has 1 saturated heterocycles. The molecule has 0 radical (unpaired) electrons. The standard InChI is InChI=1S/C26H30N6O2/c1-31(2)15-6-10-24(33)28-21-13-11-19(12-14-21)25(34)32-16-5-8-22(18-32)29-26-27-17-20-7-3-4-9-23(20)30-26/h3-4,6-7,9-14,17,22H,5,8,15-16,18H2,1-2H3,(H,28,33)(H,27,29,30)/b10-6+. The van der Waals surface area contributed by atoms with Gasteiger partial charge >= 0.3 is 0 Å². The van der Waals surface area contributed by atoms with E-state index < -0.39 is 0 Å². The molecular formula is C26H30N6O2. The second kappa shape index (κ2) is 10.9. The van der Waals surface area contributed by atoms with Crippen molar-refractivity contribution in [1.82, 2.24) is 19.8 Å². The van der Waals surface area contributed by atoms with Gasteiger partial charge in [0.2, 0.25) is 11.9 Å². The van der Waals surface area contributed by atoms with Gasteiger partial charge in [-0.15, -0.1) is 0 Å². The number of hydrogen-bond acceptors (Lipinski definition) is 6. The summed E-state index contributed by atoms with van der Waals surface area (Å²) in [5.74, 6) is 0.370. The lowest BCUT2D eigenvalue weighted by molar-refractivity contribution is -0.111. The predicted molar refractivity (Wildman–Crippen MR) is 135 cm³/mol. The van der Waals surface area contributed by atoms with Crippen molar-refractivity contribution in [3.8, 4) is 0 Å². The van der Waals surface area contributed by atoms with E-state index in [9.17, 15) is 9.59 Å². The van der Waals surface area contributed by atoms with Crippen LogP contribution >= 0.6 is 0 Å². The predicted octanol–water partition coefficient (Wildman–Crippen LogP) is 3.40. The Morgan fingerprint density at radius 3 is 2.74 bits per heavy atom. The fourth-order valence-corrected chi connectivity index (χ4v) is 3.94. The number of para-hydroxylation sites is 1. The molecule has 3 aromatic rings. The van der Waals surface area contributed by atoms with Crippen LogP contribution in [0.4, 0.5) is 11.6 Å². The summed E-state index contributed by atoms with van der Waals surface area (Å²) in [6.45, 7) is 1.99. The number of fused-ring (bicyclic) bond motifs is 1. The Morgan fingerprint density at radius 2 is 1.94 bits per heavy atom. The third-order valence-corrected chi connectivity index (χ3v) is 5.67. The summed E-state index contributed by atoms with van der Waals surface area (Å²) in [7, 11) is 3.88. The van der Waals surface area contributed by atoms with E-state index in [1.807, 2.05) is 54.4 Å². The number of carbonyl (C=O) groups is 2. The lowest BCUT2D eigenvalue weighted by atomic mass is 10.0. The maximum absolute atomic E-state index is 13.1. The number of amides is 2. The number of benzene rings is 2. The zero-order chi connectivity index (χ0) is 23.9. The maximum Gasteiger partial charge on any atom is 0.253 e. The van der Waals surface area contributed by atoms with Crippen LogP contribution in [0.2, 0.25) is 0 Å². The van der Waals surface area contributed by atoms with Crippen molar-refractivity contribution in [2.45, 2.75) is 18.9 Å². The highest BCUT2D eigenvalue weighted by Crippen LogP contribution is 2.19. The molecule has 0 aliphatic carbocycles. The van der Waals surface area contributed by atoms with Crippen molar-refractivity contribution < 1.29 is 9.59 Å². The monoisotopic (exact) mass is 458 g/mol. The molecule has 2 amide bonds. The van der Waals surface area contributed by atoms with Crippen LogP contribution in [0.15, 0.2) is 66.9 Å². The number of piperidine rings is 1. The zero-order valence-corrected chi connectivity index (χ0v) is 19.6. The van der Waals surface area contributed by atoms with Crippen LogP contribution in [0.1, 0.15) is 23.2 Å². The van der Waals surface area contributed by atoms with Crippen LogP contribution in [-0.4, -0.2) is 71.4 Å². The second-order valence-electron chi connectivity index (χ2n) is 8.72. The smallest absolute Gasteiger partial charge is 0.253 e. The van der Waals surface area contributed by atoms with E-state index in [1.54, 1.807) is 30.3 Å². The molecule has 2 N–H and O–H groups in total. The van der Waals surface area contributed by atoms with Crippen molar-refractivity contribution in [1.29, 1.82) is 0 Å². The zero-order valence-electron chi connectivity index (χ0n) is 19.6. The molecule has 8 nitrogen and oxygen atoms in total. The van der Waals surface area contributed by atoms with Crippen LogP contribution in [-0.2, 0) is 4.79 Å². The van der Waals surface area contributed by atoms with Gasteiger partial charge in [-0.3, -0.25) is 9.59 Å². The van der Waals surface area contributed by atoms with E-state index in [-0.39, 0.29) is 17.9 Å². The quantitative estimate of drug-likeness (QED) is 0.528. The van der Waals surface area contributed by atoms with Crippen molar-refractivity contribution in [2.75, 3.05) is 44.4 Å². The summed E-state index contributed by atoms with van der Waals surface area (Å²) in [5.41, 5.74) is 2.15. The Bertz CT molecular complexity index is 1180. The van der Waals surface area contributed by atoms with E-state index in [1.165, 1.54) is 6.08 Å². The fraction of sp³-hybridized carbons (Fsp3) is 0.308. The summed E-state index contributed by atoms with van der Waals surface area (Å²) < 4.78 is 0. The van der Waals surface area contributed by atoms with Crippen LogP contribution in [0.5, 0.6) is 0 Å². The molecule has 0 spiro atoms. The first-order valence-electron chi connectivity index (χ1n) is 11.5. The van der Waals surface area contributed by atoms with Crippen molar-refractivity contribution in [3.05, 3.63) is 72.4 Å². The van der Waals surface area contributed by atoms with Gasteiger partial charge in [-0.05, 0) is 57.3 Å². The molecule has 0 saturated carbocycles. The number of nitrogens with one attached hydrogen (secondary N) is 2. The molecule has 176 valence electrons. The first-order chi connectivity index (χ1) is 16.5. The van der Waals surface area contributed by atoms with Gasteiger partial charge in [-0.25, -0.2) is 9.97 Å². The summed E-state index contributed by atoms with van der Waals surface area (Å²) >= 11 is 0. The first-order valence-corrected chi connectivity index (χ1v) is 11.5. The van der Waals surface area contributed by atoms with E-state index in [0.29, 0.717) is 36.8 Å². The minimum absolute atomic E-state index is 0.0188. The molecule has 1 atom stereocenters. The fourth-order valence-electron chi connectivity index (χ4n) is 3.94. The van der Waals surface area contributed by atoms with Gasteiger partial charge in [0.25, 0.3) is 5.91 Å². The SMILES string of the molecule is CN(C)C/C=C/C(=O)Nc1ccc(C(=O)N2CCCC(Nc3ncc4ccccc4n3)C2)cc1. The number of anilines is 2. The number of nitrogens with zero attached hydrogens (tertiary/aromatic N) is 4. The number of hydrogen-bond donors (Lipinski definition) is 2. The Morgan fingerprint density at radius 1 is 1.15 bits per heavy atom. The summed E-state index contributed by atoms with van der Waals surface area (Å²) in [5, 5.41) is 7.20. The van der Waals surface area contributed by atoms with Gasteiger partial charge < -0.3 is 20.4 Å². The third kappa shape index (κ3) is 6.17. The van der Waals surface area contributed by atoms with E-state index in [4.69, 9.17) is 0 Å². The van der Waals surface area contributed by atoms with Crippen LogP contribution < -0.4 is 10.6 Å². The number of aromatic nitrogens is 2. The normalized spacial score (nSPS) is 16.2. The van der Waals surface area contributed by atoms with Crippen LogP contribution in [0.3, 0.4) is 0 Å².